The second-order valence-corrected chi connectivity index (χ2v) is 3.58. The third kappa shape index (κ3) is 3.91. The molecule has 8 nitrogen and oxygen atoms in total. The molecule has 0 fully saturated rings. The number of nitro groups is 1. The Morgan fingerprint density at radius 2 is 2.11 bits per heavy atom. The zero-order chi connectivity index (χ0) is 14.6. The molecule has 0 aromatic heterocycles. The summed E-state index contributed by atoms with van der Waals surface area (Å²) in [6, 6.07) is 0.595. The summed E-state index contributed by atoms with van der Waals surface area (Å²) in [7, 11) is 0. The first-order chi connectivity index (χ1) is 8.81. The molecule has 1 aromatic carbocycles. The smallest absolute Gasteiger partial charge is 0.325 e. The van der Waals surface area contributed by atoms with E-state index in [4.69, 9.17) is 5.11 Å². The largest absolute Gasteiger partial charge is 0.480 e. The molecule has 0 aliphatic rings. The van der Waals surface area contributed by atoms with Crippen molar-refractivity contribution < 1.29 is 24.0 Å². The summed E-state index contributed by atoms with van der Waals surface area (Å²) in [5.41, 5.74) is -0.747. The average molecular weight is 271 g/mol. The van der Waals surface area contributed by atoms with Crippen LogP contribution in [0.1, 0.15) is 6.92 Å². The van der Waals surface area contributed by atoms with Gasteiger partial charge >= 0.3 is 12.0 Å². The number of hydrogen-bond acceptors (Lipinski definition) is 4. The van der Waals surface area contributed by atoms with Gasteiger partial charge in [0, 0.05) is 6.07 Å². The normalized spacial score (nSPS) is 11.5. The monoisotopic (exact) mass is 271 g/mol. The zero-order valence-electron chi connectivity index (χ0n) is 9.71. The zero-order valence-corrected chi connectivity index (χ0v) is 9.71. The van der Waals surface area contributed by atoms with Crippen LogP contribution < -0.4 is 10.6 Å². The van der Waals surface area contributed by atoms with Crippen LogP contribution in [-0.2, 0) is 4.79 Å². The average Bonchev–Trinajstić information content (AvgIpc) is 2.31. The van der Waals surface area contributed by atoms with E-state index in [0.717, 1.165) is 12.1 Å². The Labute approximate surface area is 106 Å². The first-order valence-electron chi connectivity index (χ1n) is 5.05. The van der Waals surface area contributed by atoms with Crippen LogP contribution in [0.5, 0.6) is 0 Å². The maximum atomic E-state index is 13.4. The lowest BCUT2D eigenvalue weighted by molar-refractivity contribution is -0.385. The number of rotatable bonds is 4. The molecule has 9 heteroatoms. The van der Waals surface area contributed by atoms with Crippen molar-refractivity contribution in [2.75, 3.05) is 5.32 Å². The predicted octanol–water partition coefficient (Wildman–Crippen LogP) is 1.33. The van der Waals surface area contributed by atoms with Gasteiger partial charge in [-0.25, -0.2) is 9.18 Å². The summed E-state index contributed by atoms with van der Waals surface area (Å²) in [4.78, 5) is 31.4. The number of carboxylic acids is 1. The van der Waals surface area contributed by atoms with Gasteiger partial charge in [-0.05, 0) is 13.0 Å². The SMILES string of the molecule is C[C@@H](NC(=O)Nc1ccc([N+](=O)[O-])cc1F)C(=O)O. The van der Waals surface area contributed by atoms with Gasteiger partial charge in [0.1, 0.15) is 6.04 Å². The van der Waals surface area contributed by atoms with E-state index in [1.807, 2.05) is 5.32 Å². The Morgan fingerprint density at radius 1 is 1.47 bits per heavy atom. The van der Waals surface area contributed by atoms with Gasteiger partial charge in [0.05, 0.1) is 16.7 Å². The molecule has 1 aromatic rings. The highest BCUT2D eigenvalue weighted by molar-refractivity contribution is 5.92. The Bertz CT molecular complexity index is 534. The lowest BCUT2D eigenvalue weighted by Gasteiger charge is -2.11. The summed E-state index contributed by atoms with van der Waals surface area (Å²) in [5, 5.41) is 23.0. The highest BCUT2D eigenvalue weighted by atomic mass is 19.1. The third-order valence-corrected chi connectivity index (χ3v) is 2.13. The number of aliphatic carboxylic acids is 1. The molecule has 0 bridgehead atoms. The van der Waals surface area contributed by atoms with Crippen molar-refractivity contribution in [1.82, 2.24) is 5.32 Å². The Kier molecular flexibility index (Phi) is 4.35. The molecule has 102 valence electrons. The van der Waals surface area contributed by atoms with Crippen molar-refractivity contribution in [2.24, 2.45) is 0 Å². The van der Waals surface area contributed by atoms with Crippen LogP contribution in [0, 0.1) is 15.9 Å². The molecule has 0 saturated heterocycles. The molecule has 19 heavy (non-hydrogen) atoms. The van der Waals surface area contributed by atoms with Crippen LogP contribution in [0.2, 0.25) is 0 Å². The van der Waals surface area contributed by atoms with Crippen LogP contribution >= 0.6 is 0 Å². The number of nitrogens with one attached hydrogen (secondary N) is 2. The van der Waals surface area contributed by atoms with Crippen molar-refractivity contribution in [3.63, 3.8) is 0 Å². The molecule has 0 aliphatic heterocycles. The predicted molar refractivity (Wildman–Crippen MR) is 62.3 cm³/mol. The lowest BCUT2D eigenvalue weighted by Crippen LogP contribution is -2.41. The van der Waals surface area contributed by atoms with Gasteiger partial charge in [-0.3, -0.25) is 14.9 Å². The van der Waals surface area contributed by atoms with Crippen LogP contribution in [0.15, 0.2) is 18.2 Å². The van der Waals surface area contributed by atoms with E-state index in [2.05, 4.69) is 5.32 Å². The van der Waals surface area contributed by atoms with Crippen LogP contribution in [0.25, 0.3) is 0 Å². The number of nitrogens with zero attached hydrogens (tertiary/aromatic N) is 1. The number of nitro benzene ring substituents is 1. The maximum absolute atomic E-state index is 13.4. The minimum absolute atomic E-state index is 0.291. The lowest BCUT2D eigenvalue weighted by atomic mass is 10.2. The van der Waals surface area contributed by atoms with Crippen molar-refractivity contribution in [2.45, 2.75) is 13.0 Å². The number of anilines is 1. The number of hydrogen-bond donors (Lipinski definition) is 3. The fourth-order valence-electron chi connectivity index (χ4n) is 1.14. The fraction of sp³-hybridized carbons (Fsp3) is 0.200. The third-order valence-electron chi connectivity index (χ3n) is 2.13. The summed E-state index contributed by atoms with van der Waals surface area (Å²) < 4.78 is 13.4. The Hall–Kier alpha value is -2.71. The molecule has 0 unspecified atom stereocenters. The van der Waals surface area contributed by atoms with Gasteiger partial charge < -0.3 is 15.7 Å². The molecular weight excluding hydrogens is 261 g/mol. The second-order valence-electron chi connectivity index (χ2n) is 3.58. The Morgan fingerprint density at radius 3 is 2.58 bits per heavy atom. The van der Waals surface area contributed by atoms with E-state index in [0.29, 0.717) is 6.07 Å². The number of benzene rings is 1. The van der Waals surface area contributed by atoms with E-state index < -0.39 is 34.5 Å². The van der Waals surface area contributed by atoms with Gasteiger partial charge in [0.15, 0.2) is 5.82 Å². The number of carbonyl (C=O) groups is 2. The van der Waals surface area contributed by atoms with E-state index >= 15 is 0 Å². The van der Waals surface area contributed by atoms with Gasteiger partial charge in [-0.15, -0.1) is 0 Å². The molecule has 0 heterocycles. The first kappa shape index (κ1) is 14.4. The summed E-state index contributed by atoms with van der Waals surface area (Å²) in [6.45, 7) is 1.23. The number of urea groups is 1. The quantitative estimate of drug-likeness (QED) is 0.563. The van der Waals surface area contributed by atoms with Crippen LogP contribution in [0.4, 0.5) is 20.6 Å². The molecule has 3 N–H and O–H groups in total. The maximum Gasteiger partial charge on any atom is 0.325 e. The van der Waals surface area contributed by atoms with Crippen molar-refractivity contribution in [3.8, 4) is 0 Å². The number of carbonyl (C=O) groups excluding carboxylic acids is 1. The van der Waals surface area contributed by atoms with Gasteiger partial charge in [0.25, 0.3) is 5.69 Å². The molecule has 0 radical (unpaired) electrons. The molecule has 1 atom stereocenters. The number of carboxylic acid groups (broad SMARTS) is 1. The van der Waals surface area contributed by atoms with Crippen LogP contribution in [0.3, 0.4) is 0 Å². The van der Waals surface area contributed by atoms with Crippen molar-refractivity contribution in [1.29, 1.82) is 0 Å². The molecule has 0 aliphatic carbocycles. The minimum atomic E-state index is -1.25. The summed E-state index contributed by atoms with van der Waals surface area (Å²) in [5.74, 6) is -2.24. The highest BCUT2D eigenvalue weighted by Crippen LogP contribution is 2.20. The van der Waals surface area contributed by atoms with Gasteiger partial charge in [-0.2, -0.15) is 0 Å². The van der Waals surface area contributed by atoms with Crippen LogP contribution in [-0.4, -0.2) is 28.1 Å². The van der Waals surface area contributed by atoms with E-state index in [1.165, 1.54) is 6.92 Å². The van der Waals surface area contributed by atoms with Crippen molar-refractivity contribution >= 4 is 23.4 Å². The first-order valence-corrected chi connectivity index (χ1v) is 5.05. The fourth-order valence-corrected chi connectivity index (χ4v) is 1.14. The van der Waals surface area contributed by atoms with E-state index in [1.54, 1.807) is 0 Å². The summed E-state index contributed by atoms with van der Waals surface area (Å²) in [6.07, 6.45) is 0. The van der Waals surface area contributed by atoms with E-state index in [-0.39, 0.29) is 5.69 Å². The second kappa shape index (κ2) is 5.76. The van der Waals surface area contributed by atoms with Crippen molar-refractivity contribution in [3.05, 3.63) is 34.1 Å². The molecular formula is C10H10FN3O5. The number of amides is 2. The standard InChI is InChI=1S/C10H10FN3O5/c1-5(9(15)16)12-10(17)13-8-3-2-6(14(18)19)4-7(8)11/h2-5H,1H3,(H,15,16)(H2,12,13,17)/t5-/m1/s1. The molecule has 0 saturated carbocycles. The summed E-state index contributed by atoms with van der Waals surface area (Å²) >= 11 is 0. The molecule has 2 amide bonds. The Balaban J connectivity index is 2.75. The minimum Gasteiger partial charge on any atom is -0.480 e. The van der Waals surface area contributed by atoms with E-state index in [9.17, 15) is 24.1 Å². The van der Waals surface area contributed by atoms with Gasteiger partial charge in [-0.1, -0.05) is 0 Å². The van der Waals surface area contributed by atoms with Gasteiger partial charge in [0.2, 0.25) is 0 Å². The molecule has 0 spiro atoms. The number of non-ortho nitro benzene ring substituents is 1. The molecule has 1 rings (SSSR count). The number of halogens is 1. The highest BCUT2D eigenvalue weighted by Gasteiger charge is 2.16. The topological polar surface area (TPSA) is 122 Å².